The molecule has 0 spiro atoms. The van der Waals surface area contributed by atoms with Crippen LogP contribution in [0.5, 0.6) is 0 Å². The summed E-state index contributed by atoms with van der Waals surface area (Å²) in [4.78, 5) is 25.7. The Morgan fingerprint density at radius 2 is 1.95 bits per heavy atom. The van der Waals surface area contributed by atoms with Crippen LogP contribution in [0.4, 0.5) is 0 Å². The predicted octanol–water partition coefficient (Wildman–Crippen LogP) is 1.04. The van der Waals surface area contributed by atoms with Crippen LogP contribution in [0.25, 0.3) is 0 Å². The fourth-order valence-electron chi connectivity index (χ4n) is 2.32. The molecule has 4 heteroatoms. The number of ketones is 1. The molecule has 0 fully saturated rings. The number of benzene rings is 1. The number of carbonyl (C=O) groups is 2. The molecule has 19 heavy (non-hydrogen) atoms. The molecule has 0 saturated carbocycles. The van der Waals surface area contributed by atoms with Gasteiger partial charge in [0.05, 0.1) is 0 Å². The SMILES string of the molecule is CN(C)CCNC(=O)C(=O)c1ccc2c(c1)CCC2. The van der Waals surface area contributed by atoms with Gasteiger partial charge in [-0.3, -0.25) is 9.59 Å². The van der Waals surface area contributed by atoms with E-state index in [1.165, 1.54) is 11.1 Å². The molecule has 4 nitrogen and oxygen atoms in total. The van der Waals surface area contributed by atoms with Gasteiger partial charge in [0.1, 0.15) is 0 Å². The molecule has 1 aliphatic carbocycles. The largest absolute Gasteiger partial charge is 0.348 e. The minimum atomic E-state index is -0.514. The zero-order chi connectivity index (χ0) is 13.8. The monoisotopic (exact) mass is 260 g/mol. The van der Waals surface area contributed by atoms with Gasteiger partial charge < -0.3 is 10.2 Å². The number of nitrogens with zero attached hydrogens (tertiary/aromatic N) is 1. The minimum absolute atomic E-state index is 0.437. The Balaban J connectivity index is 1.97. The van der Waals surface area contributed by atoms with Crippen LogP contribution in [-0.4, -0.2) is 43.8 Å². The fraction of sp³-hybridized carbons (Fsp3) is 0.467. The van der Waals surface area contributed by atoms with E-state index in [0.717, 1.165) is 25.8 Å². The topological polar surface area (TPSA) is 49.4 Å². The first-order valence-electron chi connectivity index (χ1n) is 6.67. The maximum Gasteiger partial charge on any atom is 0.292 e. The van der Waals surface area contributed by atoms with Gasteiger partial charge in [0.2, 0.25) is 5.78 Å². The minimum Gasteiger partial charge on any atom is -0.348 e. The number of carbonyl (C=O) groups excluding carboxylic acids is 2. The molecule has 1 aromatic carbocycles. The first-order valence-corrected chi connectivity index (χ1v) is 6.67. The zero-order valence-electron chi connectivity index (χ0n) is 11.5. The van der Waals surface area contributed by atoms with Crippen LogP contribution in [0.1, 0.15) is 27.9 Å². The summed E-state index contributed by atoms with van der Waals surface area (Å²) < 4.78 is 0. The Morgan fingerprint density at radius 1 is 1.21 bits per heavy atom. The maximum absolute atomic E-state index is 12.0. The number of amides is 1. The van der Waals surface area contributed by atoms with Gasteiger partial charge in [-0.15, -0.1) is 0 Å². The Kier molecular flexibility index (Phi) is 4.32. The van der Waals surface area contributed by atoms with Gasteiger partial charge in [-0.2, -0.15) is 0 Å². The van der Waals surface area contributed by atoms with Crippen molar-refractivity contribution in [2.45, 2.75) is 19.3 Å². The first kappa shape index (κ1) is 13.7. The van der Waals surface area contributed by atoms with Gasteiger partial charge >= 0.3 is 0 Å². The van der Waals surface area contributed by atoms with Gasteiger partial charge in [-0.25, -0.2) is 0 Å². The van der Waals surface area contributed by atoms with Crippen LogP contribution in [0.15, 0.2) is 18.2 Å². The Labute approximate surface area is 113 Å². The number of fused-ring (bicyclic) bond motifs is 1. The summed E-state index contributed by atoms with van der Waals surface area (Å²) in [7, 11) is 3.85. The van der Waals surface area contributed by atoms with Crippen molar-refractivity contribution in [1.82, 2.24) is 10.2 Å². The number of hydrogen-bond acceptors (Lipinski definition) is 3. The molecule has 1 N–H and O–H groups in total. The van der Waals surface area contributed by atoms with Crippen LogP contribution < -0.4 is 5.32 Å². The fourth-order valence-corrected chi connectivity index (χ4v) is 2.32. The van der Waals surface area contributed by atoms with Gasteiger partial charge in [0.25, 0.3) is 5.91 Å². The number of nitrogens with one attached hydrogen (secondary N) is 1. The van der Waals surface area contributed by atoms with Crippen molar-refractivity contribution in [3.05, 3.63) is 34.9 Å². The van der Waals surface area contributed by atoms with Crippen LogP contribution in [0.3, 0.4) is 0 Å². The van der Waals surface area contributed by atoms with Crippen molar-refractivity contribution < 1.29 is 9.59 Å². The normalized spacial score (nSPS) is 13.4. The lowest BCUT2D eigenvalue weighted by atomic mass is 10.0. The summed E-state index contributed by atoms with van der Waals surface area (Å²) in [5.74, 6) is -0.951. The quantitative estimate of drug-likeness (QED) is 0.635. The first-order chi connectivity index (χ1) is 9.08. The van der Waals surface area contributed by atoms with Gasteiger partial charge in [-0.1, -0.05) is 12.1 Å². The molecular weight excluding hydrogens is 240 g/mol. The third kappa shape index (κ3) is 3.41. The molecule has 0 saturated heterocycles. The van der Waals surface area contributed by atoms with E-state index in [2.05, 4.69) is 5.32 Å². The standard InChI is InChI=1S/C15H20N2O2/c1-17(2)9-8-16-15(19)14(18)13-7-6-11-4-3-5-12(11)10-13/h6-7,10H,3-5,8-9H2,1-2H3,(H,16,19). The van der Waals surface area contributed by atoms with E-state index < -0.39 is 11.7 Å². The average Bonchev–Trinajstić information content (AvgIpc) is 2.84. The van der Waals surface area contributed by atoms with E-state index in [1.54, 1.807) is 6.07 Å². The summed E-state index contributed by atoms with van der Waals surface area (Å²) in [6.45, 7) is 1.21. The molecular formula is C15H20N2O2. The van der Waals surface area contributed by atoms with E-state index >= 15 is 0 Å². The van der Waals surface area contributed by atoms with E-state index in [4.69, 9.17) is 0 Å². The van der Waals surface area contributed by atoms with Crippen LogP contribution in [0.2, 0.25) is 0 Å². The second-order valence-corrected chi connectivity index (χ2v) is 5.23. The Bertz CT molecular complexity index is 495. The van der Waals surface area contributed by atoms with E-state index in [-0.39, 0.29) is 0 Å². The Hall–Kier alpha value is -1.68. The molecule has 0 aliphatic heterocycles. The summed E-state index contributed by atoms with van der Waals surface area (Å²) >= 11 is 0. The summed E-state index contributed by atoms with van der Waals surface area (Å²) in [5, 5.41) is 2.65. The van der Waals surface area contributed by atoms with Crippen molar-refractivity contribution in [3.63, 3.8) is 0 Å². The van der Waals surface area contributed by atoms with E-state index in [9.17, 15) is 9.59 Å². The average molecular weight is 260 g/mol. The third-order valence-corrected chi connectivity index (χ3v) is 3.41. The maximum atomic E-state index is 12.0. The van der Waals surface area contributed by atoms with Crippen molar-refractivity contribution >= 4 is 11.7 Å². The molecule has 0 unspecified atom stereocenters. The molecule has 1 aromatic rings. The predicted molar refractivity (Wildman–Crippen MR) is 74.4 cm³/mol. The highest BCUT2D eigenvalue weighted by Crippen LogP contribution is 2.22. The van der Waals surface area contributed by atoms with E-state index in [1.807, 2.05) is 31.1 Å². The number of likely N-dealkylation sites (N-methyl/N-ethyl adjacent to an activating group) is 1. The van der Waals surface area contributed by atoms with Crippen LogP contribution in [0, 0.1) is 0 Å². The second-order valence-electron chi connectivity index (χ2n) is 5.23. The lowest BCUT2D eigenvalue weighted by molar-refractivity contribution is -0.117. The molecule has 0 bridgehead atoms. The molecule has 1 aliphatic rings. The number of Topliss-reactive ketones (excluding diaryl/α,β-unsaturated/α-hetero) is 1. The van der Waals surface area contributed by atoms with Gasteiger partial charge in [0.15, 0.2) is 0 Å². The smallest absolute Gasteiger partial charge is 0.292 e. The highest BCUT2D eigenvalue weighted by atomic mass is 16.2. The summed E-state index contributed by atoms with van der Waals surface area (Å²) in [5.41, 5.74) is 3.03. The van der Waals surface area contributed by atoms with Crippen molar-refractivity contribution in [2.24, 2.45) is 0 Å². The second kappa shape index (κ2) is 5.97. The molecule has 0 atom stereocenters. The van der Waals surface area contributed by atoms with Crippen LogP contribution in [-0.2, 0) is 17.6 Å². The molecule has 0 aromatic heterocycles. The molecule has 102 valence electrons. The Morgan fingerprint density at radius 3 is 2.68 bits per heavy atom. The molecule has 0 radical (unpaired) electrons. The van der Waals surface area contributed by atoms with Gasteiger partial charge in [0, 0.05) is 18.7 Å². The highest BCUT2D eigenvalue weighted by Gasteiger charge is 2.18. The van der Waals surface area contributed by atoms with Gasteiger partial charge in [-0.05, 0) is 50.6 Å². The molecule has 0 heterocycles. The lowest BCUT2D eigenvalue weighted by Crippen LogP contribution is -2.35. The van der Waals surface area contributed by atoms with Crippen LogP contribution >= 0.6 is 0 Å². The zero-order valence-corrected chi connectivity index (χ0v) is 11.5. The number of rotatable bonds is 5. The lowest BCUT2D eigenvalue weighted by Gasteiger charge is -2.10. The summed E-state index contributed by atoms with van der Waals surface area (Å²) in [6.07, 6.45) is 3.24. The van der Waals surface area contributed by atoms with Crippen molar-refractivity contribution in [1.29, 1.82) is 0 Å². The number of aryl methyl sites for hydroxylation is 2. The molecule has 2 rings (SSSR count). The van der Waals surface area contributed by atoms with Crippen molar-refractivity contribution in [3.8, 4) is 0 Å². The number of hydrogen-bond donors (Lipinski definition) is 1. The summed E-state index contributed by atoms with van der Waals surface area (Å²) in [6, 6.07) is 5.61. The van der Waals surface area contributed by atoms with Crippen molar-refractivity contribution in [2.75, 3.05) is 27.2 Å². The van der Waals surface area contributed by atoms with E-state index in [0.29, 0.717) is 12.1 Å². The third-order valence-electron chi connectivity index (χ3n) is 3.41. The highest BCUT2D eigenvalue weighted by molar-refractivity contribution is 6.42. The molecule has 1 amide bonds.